The second kappa shape index (κ2) is 5.30. The molecular weight excluding hydrogens is 208 g/mol. The summed E-state index contributed by atoms with van der Waals surface area (Å²) >= 11 is 0. The standard InChI is InChI=1S/C11H20N2O3/c1-11(2)5-3-6-12-9(11)10(16)13-7-4-8(14)15/h9,12H,3-7H2,1-2H3,(H,13,16)(H,14,15). The third kappa shape index (κ3) is 3.48. The van der Waals surface area contributed by atoms with Gasteiger partial charge in [0, 0.05) is 6.54 Å². The quantitative estimate of drug-likeness (QED) is 0.649. The number of nitrogens with one attached hydrogen (secondary N) is 2. The van der Waals surface area contributed by atoms with Gasteiger partial charge in [-0.05, 0) is 24.8 Å². The molecule has 0 aromatic heterocycles. The van der Waals surface area contributed by atoms with Gasteiger partial charge in [0.2, 0.25) is 5.91 Å². The summed E-state index contributed by atoms with van der Waals surface area (Å²) in [5.74, 6) is -0.984. The number of carboxylic acids is 1. The van der Waals surface area contributed by atoms with Crippen molar-refractivity contribution in [2.24, 2.45) is 5.41 Å². The zero-order valence-electron chi connectivity index (χ0n) is 9.88. The lowest BCUT2D eigenvalue weighted by Gasteiger charge is -2.38. The largest absolute Gasteiger partial charge is 0.481 e. The van der Waals surface area contributed by atoms with Crippen molar-refractivity contribution in [3.8, 4) is 0 Å². The molecule has 1 atom stereocenters. The average Bonchev–Trinajstić information content (AvgIpc) is 2.16. The molecular formula is C11H20N2O3. The van der Waals surface area contributed by atoms with E-state index in [-0.39, 0.29) is 30.3 Å². The van der Waals surface area contributed by atoms with Crippen molar-refractivity contribution in [2.45, 2.75) is 39.2 Å². The van der Waals surface area contributed by atoms with Crippen molar-refractivity contribution in [1.29, 1.82) is 0 Å². The van der Waals surface area contributed by atoms with Crippen LogP contribution in [0.5, 0.6) is 0 Å². The van der Waals surface area contributed by atoms with E-state index >= 15 is 0 Å². The molecule has 1 rings (SSSR count). The van der Waals surface area contributed by atoms with Gasteiger partial charge >= 0.3 is 5.97 Å². The van der Waals surface area contributed by atoms with E-state index in [2.05, 4.69) is 24.5 Å². The Hall–Kier alpha value is -1.10. The third-order valence-corrected chi connectivity index (χ3v) is 3.03. The lowest BCUT2D eigenvalue weighted by Crippen LogP contribution is -2.55. The fraction of sp³-hybridized carbons (Fsp3) is 0.818. The van der Waals surface area contributed by atoms with Crippen LogP contribution in [0, 0.1) is 5.41 Å². The summed E-state index contributed by atoms with van der Waals surface area (Å²) < 4.78 is 0. The molecule has 1 amide bonds. The van der Waals surface area contributed by atoms with Crippen LogP contribution in [0.2, 0.25) is 0 Å². The monoisotopic (exact) mass is 228 g/mol. The Labute approximate surface area is 95.6 Å². The summed E-state index contributed by atoms with van der Waals surface area (Å²) in [6.45, 7) is 5.16. The zero-order valence-corrected chi connectivity index (χ0v) is 9.88. The highest BCUT2D eigenvalue weighted by atomic mass is 16.4. The Balaban J connectivity index is 2.42. The van der Waals surface area contributed by atoms with Gasteiger partial charge in [-0.3, -0.25) is 9.59 Å². The molecule has 5 heteroatoms. The molecule has 5 nitrogen and oxygen atoms in total. The second-order valence-corrected chi connectivity index (χ2v) is 4.91. The first-order chi connectivity index (χ1) is 7.43. The highest BCUT2D eigenvalue weighted by Gasteiger charge is 2.36. The number of amides is 1. The van der Waals surface area contributed by atoms with E-state index in [1.165, 1.54) is 0 Å². The molecule has 0 bridgehead atoms. The molecule has 1 aliphatic heterocycles. The Morgan fingerprint density at radius 2 is 2.19 bits per heavy atom. The molecule has 1 unspecified atom stereocenters. The summed E-state index contributed by atoms with van der Waals surface area (Å²) in [7, 11) is 0. The molecule has 92 valence electrons. The van der Waals surface area contributed by atoms with Crippen molar-refractivity contribution in [1.82, 2.24) is 10.6 Å². The van der Waals surface area contributed by atoms with Crippen LogP contribution in [0.15, 0.2) is 0 Å². The molecule has 1 aliphatic rings. The Kier molecular flexibility index (Phi) is 4.29. The number of rotatable bonds is 4. The van der Waals surface area contributed by atoms with Crippen molar-refractivity contribution in [3.05, 3.63) is 0 Å². The summed E-state index contributed by atoms with van der Waals surface area (Å²) in [6, 6.07) is -0.213. The van der Waals surface area contributed by atoms with Crippen molar-refractivity contribution in [2.75, 3.05) is 13.1 Å². The van der Waals surface area contributed by atoms with Crippen LogP contribution in [0.25, 0.3) is 0 Å². The van der Waals surface area contributed by atoms with Crippen LogP contribution in [-0.2, 0) is 9.59 Å². The Morgan fingerprint density at radius 3 is 2.75 bits per heavy atom. The third-order valence-electron chi connectivity index (χ3n) is 3.03. The summed E-state index contributed by atoms with van der Waals surface area (Å²) in [5.41, 5.74) is -0.0639. The van der Waals surface area contributed by atoms with Crippen LogP contribution in [0.1, 0.15) is 33.1 Å². The van der Waals surface area contributed by atoms with Crippen LogP contribution in [-0.4, -0.2) is 36.1 Å². The number of hydrogen-bond donors (Lipinski definition) is 3. The van der Waals surface area contributed by atoms with E-state index in [1.807, 2.05) is 0 Å². The number of aliphatic carboxylic acids is 1. The van der Waals surface area contributed by atoms with Gasteiger partial charge in [-0.2, -0.15) is 0 Å². The van der Waals surface area contributed by atoms with Gasteiger partial charge < -0.3 is 15.7 Å². The molecule has 0 radical (unpaired) electrons. The van der Waals surface area contributed by atoms with Crippen LogP contribution in [0.3, 0.4) is 0 Å². The number of piperidine rings is 1. The highest BCUT2D eigenvalue weighted by molar-refractivity contribution is 5.83. The van der Waals surface area contributed by atoms with Gasteiger partial charge in [0.1, 0.15) is 0 Å². The van der Waals surface area contributed by atoms with E-state index in [0.717, 1.165) is 19.4 Å². The summed E-state index contributed by atoms with van der Waals surface area (Å²) in [4.78, 5) is 22.1. The minimum Gasteiger partial charge on any atom is -0.481 e. The van der Waals surface area contributed by atoms with Gasteiger partial charge in [-0.15, -0.1) is 0 Å². The smallest absolute Gasteiger partial charge is 0.305 e. The Morgan fingerprint density at radius 1 is 1.50 bits per heavy atom. The number of carbonyl (C=O) groups excluding carboxylic acids is 1. The average molecular weight is 228 g/mol. The van der Waals surface area contributed by atoms with Crippen LogP contribution in [0.4, 0.5) is 0 Å². The molecule has 3 N–H and O–H groups in total. The van der Waals surface area contributed by atoms with E-state index in [4.69, 9.17) is 5.11 Å². The van der Waals surface area contributed by atoms with Crippen molar-refractivity contribution in [3.63, 3.8) is 0 Å². The number of hydrogen-bond acceptors (Lipinski definition) is 3. The maximum absolute atomic E-state index is 11.8. The molecule has 0 spiro atoms. The normalized spacial score (nSPS) is 23.8. The van der Waals surface area contributed by atoms with Gasteiger partial charge in [0.15, 0.2) is 0 Å². The predicted molar refractivity (Wildman–Crippen MR) is 60.1 cm³/mol. The van der Waals surface area contributed by atoms with E-state index in [0.29, 0.717) is 0 Å². The van der Waals surface area contributed by atoms with E-state index in [9.17, 15) is 9.59 Å². The number of carbonyl (C=O) groups is 2. The zero-order chi connectivity index (χ0) is 12.2. The fourth-order valence-corrected chi connectivity index (χ4v) is 2.05. The maximum Gasteiger partial charge on any atom is 0.305 e. The lowest BCUT2D eigenvalue weighted by atomic mass is 9.77. The first kappa shape index (κ1) is 13.0. The molecule has 1 heterocycles. The van der Waals surface area contributed by atoms with E-state index in [1.54, 1.807) is 0 Å². The van der Waals surface area contributed by atoms with Crippen molar-refractivity contribution >= 4 is 11.9 Å². The van der Waals surface area contributed by atoms with Gasteiger partial charge in [0.05, 0.1) is 12.5 Å². The molecule has 0 saturated carbocycles. The topological polar surface area (TPSA) is 78.4 Å². The molecule has 0 aliphatic carbocycles. The van der Waals surface area contributed by atoms with Gasteiger partial charge in [-0.25, -0.2) is 0 Å². The molecule has 0 aromatic rings. The lowest BCUT2D eigenvalue weighted by molar-refractivity contribution is -0.137. The minimum absolute atomic E-state index is 0.0289. The summed E-state index contributed by atoms with van der Waals surface area (Å²) in [5, 5.41) is 14.3. The highest BCUT2D eigenvalue weighted by Crippen LogP contribution is 2.29. The van der Waals surface area contributed by atoms with Crippen molar-refractivity contribution < 1.29 is 14.7 Å². The van der Waals surface area contributed by atoms with Gasteiger partial charge in [0.25, 0.3) is 0 Å². The first-order valence-corrected chi connectivity index (χ1v) is 5.66. The SMILES string of the molecule is CC1(C)CCCNC1C(=O)NCCC(=O)O. The molecule has 1 saturated heterocycles. The van der Waals surface area contributed by atoms with E-state index < -0.39 is 5.97 Å². The molecule has 16 heavy (non-hydrogen) atoms. The Bertz CT molecular complexity index is 276. The fourth-order valence-electron chi connectivity index (χ4n) is 2.05. The summed E-state index contributed by atoms with van der Waals surface area (Å²) in [6.07, 6.45) is 2.06. The van der Waals surface area contributed by atoms with Crippen LogP contribution >= 0.6 is 0 Å². The minimum atomic E-state index is -0.892. The van der Waals surface area contributed by atoms with Gasteiger partial charge in [-0.1, -0.05) is 13.8 Å². The second-order valence-electron chi connectivity index (χ2n) is 4.91. The number of carboxylic acid groups (broad SMARTS) is 1. The van der Waals surface area contributed by atoms with Crippen LogP contribution < -0.4 is 10.6 Å². The molecule has 1 fully saturated rings. The first-order valence-electron chi connectivity index (χ1n) is 5.66. The maximum atomic E-state index is 11.8. The molecule has 0 aromatic carbocycles. The predicted octanol–water partition coefficient (Wildman–Crippen LogP) is 0.355.